The van der Waals surface area contributed by atoms with Crippen LogP contribution < -0.4 is 5.32 Å². The van der Waals surface area contributed by atoms with E-state index in [0.717, 1.165) is 28.6 Å². The van der Waals surface area contributed by atoms with Gasteiger partial charge in [0.25, 0.3) is 0 Å². The maximum absolute atomic E-state index is 14.0. The van der Waals surface area contributed by atoms with Crippen molar-refractivity contribution >= 4 is 28.5 Å². The number of benzene rings is 2. The third-order valence-corrected chi connectivity index (χ3v) is 5.37. The van der Waals surface area contributed by atoms with Crippen LogP contribution in [0.25, 0.3) is 16.6 Å². The zero-order valence-electron chi connectivity index (χ0n) is 19.2. The first-order valence-corrected chi connectivity index (χ1v) is 10.8. The standard InChI is InChI=1S/C25H25F4N3O3/c1-15(35-2)32-22(17-4-6-23-20(11-17)18(14-31-23)12-24(33)34)8-10-30-9-7-16-3-5-19(13-21(16)26)25(27,28)29/h3-6,8,11,13-14,30-31H,7,9-10,12H2,1-2H3,(H,33,34)/b22-8-,32-15?. The van der Waals surface area contributed by atoms with Crippen molar-refractivity contribution in [1.29, 1.82) is 0 Å². The Balaban J connectivity index is 1.72. The fourth-order valence-corrected chi connectivity index (χ4v) is 3.51. The molecule has 0 fully saturated rings. The molecule has 0 unspecified atom stereocenters. The van der Waals surface area contributed by atoms with Crippen LogP contribution in [0.1, 0.15) is 29.2 Å². The van der Waals surface area contributed by atoms with Crippen molar-refractivity contribution in [3.63, 3.8) is 0 Å². The van der Waals surface area contributed by atoms with Gasteiger partial charge in [-0.3, -0.25) is 4.79 Å². The third-order valence-electron chi connectivity index (χ3n) is 5.37. The summed E-state index contributed by atoms with van der Waals surface area (Å²) in [5, 5.41) is 13.0. The van der Waals surface area contributed by atoms with Gasteiger partial charge in [0.2, 0.25) is 0 Å². The van der Waals surface area contributed by atoms with Gasteiger partial charge in [0, 0.05) is 36.1 Å². The smallest absolute Gasteiger partial charge is 0.416 e. The van der Waals surface area contributed by atoms with Gasteiger partial charge >= 0.3 is 12.1 Å². The molecule has 35 heavy (non-hydrogen) atoms. The van der Waals surface area contributed by atoms with Gasteiger partial charge < -0.3 is 20.1 Å². The number of aromatic nitrogens is 1. The van der Waals surface area contributed by atoms with Crippen LogP contribution in [-0.2, 0) is 28.5 Å². The van der Waals surface area contributed by atoms with Crippen molar-refractivity contribution in [3.05, 3.63) is 76.7 Å². The van der Waals surface area contributed by atoms with Gasteiger partial charge in [-0.15, -0.1) is 0 Å². The van der Waals surface area contributed by atoms with Gasteiger partial charge in [-0.2, -0.15) is 13.2 Å². The Bertz CT molecular complexity index is 1260. The molecule has 3 rings (SSSR count). The van der Waals surface area contributed by atoms with Crippen LogP contribution in [0.4, 0.5) is 17.6 Å². The summed E-state index contributed by atoms with van der Waals surface area (Å²) < 4.78 is 57.3. The molecular weight excluding hydrogens is 466 g/mol. The summed E-state index contributed by atoms with van der Waals surface area (Å²) in [6.07, 6.45) is -1.03. The molecule has 0 atom stereocenters. The van der Waals surface area contributed by atoms with E-state index in [4.69, 9.17) is 9.84 Å². The highest BCUT2D eigenvalue weighted by Crippen LogP contribution is 2.30. The number of H-pyrrole nitrogens is 1. The topological polar surface area (TPSA) is 86.7 Å². The van der Waals surface area contributed by atoms with Crippen LogP contribution in [0.3, 0.4) is 0 Å². The number of aromatic amines is 1. The van der Waals surface area contributed by atoms with Crippen molar-refractivity contribution in [2.24, 2.45) is 4.99 Å². The summed E-state index contributed by atoms with van der Waals surface area (Å²) in [6.45, 7) is 2.38. The first-order chi connectivity index (χ1) is 16.6. The molecule has 0 radical (unpaired) electrons. The maximum Gasteiger partial charge on any atom is 0.416 e. The molecular formula is C25H25F4N3O3. The van der Waals surface area contributed by atoms with E-state index in [-0.39, 0.29) is 18.4 Å². The highest BCUT2D eigenvalue weighted by atomic mass is 19.4. The number of alkyl halides is 3. The molecule has 10 heteroatoms. The summed E-state index contributed by atoms with van der Waals surface area (Å²) >= 11 is 0. The van der Waals surface area contributed by atoms with Crippen molar-refractivity contribution in [2.45, 2.75) is 25.9 Å². The number of carboxylic acid groups (broad SMARTS) is 1. The largest absolute Gasteiger partial charge is 0.484 e. The zero-order chi connectivity index (χ0) is 25.6. The number of hydrogen-bond donors (Lipinski definition) is 3. The predicted molar refractivity (Wildman–Crippen MR) is 126 cm³/mol. The van der Waals surface area contributed by atoms with E-state index in [1.807, 2.05) is 18.2 Å². The van der Waals surface area contributed by atoms with Gasteiger partial charge in [0.15, 0.2) is 5.90 Å². The van der Waals surface area contributed by atoms with E-state index < -0.39 is 23.5 Å². The molecule has 186 valence electrons. The molecule has 0 saturated carbocycles. The Morgan fingerprint density at radius 2 is 1.97 bits per heavy atom. The summed E-state index contributed by atoms with van der Waals surface area (Å²) in [4.78, 5) is 18.7. The number of aliphatic imine (C=N–C) groups is 1. The number of rotatable bonds is 9. The fraction of sp³-hybridized carbons (Fsp3) is 0.280. The Hall–Kier alpha value is -3.66. The molecule has 1 heterocycles. The lowest BCUT2D eigenvalue weighted by Crippen LogP contribution is -2.18. The van der Waals surface area contributed by atoms with Crippen LogP contribution in [0, 0.1) is 5.82 Å². The number of methoxy groups -OCH3 is 1. The van der Waals surface area contributed by atoms with Crippen molar-refractivity contribution < 1.29 is 32.2 Å². The third kappa shape index (κ3) is 6.92. The quantitative estimate of drug-likeness (QED) is 0.166. The van der Waals surface area contributed by atoms with E-state index in [9.17, 15) is 22.4 Å². The highest BCUT2D eigenvalue weighted by Gasteiger charge is 2.31. The van der Waals surface area contributed by atoms with Crippen LogP contribution >= 0.6 is 0 Å². The lowest BCUT2D eigenvalue weighted by molar-refractivity contribution is -0.138. The Morgan fingerprint density at radius 1 is 1.20 bits per heavy atom. The predicted octanol–water partition coefficient (Wildman–Crippen LogP) is 5.19. The fourth-order valence-electron chi connectivity index (χ4n) is 3.51. The number of fused-ring (bicyclic) bond motifs is 1. The molecule has 6 nitrogen and oxygen atoms in total. The first-order valence-electron chi connectivity index (χ1n) is 10.8. The molecule has 0 aliphatic rings. The summed E-state index contributed by atoms with van der Waals surface area (Å²) in [7, 11) is 1.49. The first kappa shape index (κ1) is 26.0. The van der Waals surface area contributed by atoms with Crippen LogP contribution in [0.5, 0.6) is 0 Å². The monoisotopic (exact) mass is 491 g/mol. The van der Waals surface area contributed by atoms with E-state index in [2.05, 4.69) is 15.3 Å². The molecule has 0 saturated heterocycles. The number of hydrogen-bond acceptors (Lipinski definition) is 4. The minimum Gasteiger partial charge on any atom is -0.484 e. The van der Waals surface area contributed by atoms with E-state index >= 15 is 0 Å². The van der Waals surface area contributed by atoms with Crippen molar-refractivity contribution in [2.75, 3.05) is 20.2 Å². The molecule has 0 aliphatic heterocycles. The average Bonchev–Trinajstić information content (AvgIpc) is 3.19. The number of aliphatic carboxylic acids is 1. The second-order valence-corrected chi connectivity index (χ2v) is 7.83. The summed E-state index contributed by atoms with van der Waals surface area (Å²) in [5.41, 5.74) is 1.95. The van der Waals surface area contributed by atoms with Crippen LogP contribution in [0.2, 0.25) is 0 Å². The van der Waals surface area contributed by atoms with Gasteiger partial charge in [-0.25, -0.2) is 9.38 Å². The molecule has 0 bridgehead atoms. The van der Waals surface area contributed by atoms with Gasteiger partial charge in [-0.1, -0.05) is 12.1 Å². The molecule has 3 aromatic rings. The number of ether oxygens (including phenoxy) is 1. The van der Waals surface area contributed by atoms with E-state index in [1.54, 1.807) is 19.2 Å². The molecule has 0 spiro atoms. The summed E-state index contributed by atoms with van der Waals surface area (Å²) in [5.74, 6) is -1.41. The molecule has 2 aromatic carbocycles. The van der Waals surface area contributed by atoms with E-state index in [0.29, 0.717) is 36.3 Å². The average molecular weight is 491 g/mol. The maximum atomic E-state index is 14.0. The minimum atomic E-state index is -4.59. The lowest BCUT2D eigenvalue weighted by Gasteiger charge is -2.10. The number of nitrogens with zero attached hydrogens (tertiary/aromatic N) is 1. The van der Waals surface area contributed by atoms with Crippen molar-refractivity contribution in [1.82, 2.24) is 10.3 Å². The minimum absolute atomic E-state index is 0.120. The van der Waals surface area contributed by atoms with E-state index in [1.165, 1.54) is 7.11 Å². The van der Waals surface area contributed by atoms with Crippen LogP contribution in [0.15, 0.2) is 53.7 Å². The number of carboxylic acids is 1. The van der Waals surface area contributed by atoms with Crippen molar-refractivity contribution in [3.8, 4) is 0 Å². The summed E-state index contributed by atoms with van der Waals surface area (Å²) in [6, 6.07) is 8.05. The Kier molecular flexibility index (Phi) is 8.29. The molecule has 3 N–H and O–H groups in total. The van der Waals surface area contributed by atoms with Gasteiger partial charge in [0.1, 0.15) is 5.82 Å². The highest BCUT2D eigenvalue weighted by molar-refractivity contribution is 5.91. The molecule has 0 amide bonds. The second kappa shape index (κ2) is 11.2. The molecule has 1 aromatic heterocycles. The Morgan fingerprint density at radius 3 is 2.63 bits per heavy atom. The normalized spacial score (nSPS) is 12.9. The number of carbonyl (C=O) groups is 1. The van der Waals surface area contributed by atoms with Gasteiger partial charge in [0.05, 0.1) is 24.8 Å². The van der Waals surface area contributed by atoms with Gasteiger partial charge in [-0.05, 0) is 54.4 Å². The second-order valence-electron chi connectivity index (χ2n) is 7.83. The Labute approximate surface area is 199 Å². The zero-order valence-corrected chi connectivity index (χ0v) is 19.2. The molecule has 0 aliphatic carbocycles. The van der Waals surface area contributed by atoms with Crippen LogP contribution in [-0.4, -0.2) is 42.2 Å². The number of halogens is 4. The number of nitrogens with one attached hydrogen (secondary N) is 2. The lowest BCUT2D eigenvalue weighted by atomic mass is 10.1. The SMILES string of the molecule is COC(C)=N/C(=C\CNCCc1ccc(C(F)(F)F)cc1F)c1ccc2[nH]cc(CC(=O)O)c2c1.